The monoisotopic (exact) mass is 698 g/mol. The van der Waals surface area contributed by atoms with Gasteiger partial charge in [0, 0.05) is 66.5 Å². The van der Waals surface area contributed by atoms with E-state index in [1.54, 1.807) is 33.9 Å². The molecule has 10 nitrogen and oxygen atoms in total. The maximum absolute atomic E-state index is 15.1. The van der Waals surface area contributed by atoms with E-state index in [1.807, 2.05) is 23.1 Å². The number of benzene rings is 2. The van der Waals surface area contributed by atoms with Crippen LogP contribution in [0.3, 0.4) is 0 Å². The van der Waals surface area contributed by atoms with E-state index in [-0.39, 0.29) is 34.2 Å². The fraction of sp³-hybridized carbons (Fsp3) is 0.564. The van der Waals surface area contributed by atoms with Crippen LogP contribution in [-0.4, -0.2) is 78.0 Å². The first-order chi connectivity index (χ1) is 23.8. The third-order valence-corrected chi connectivity index (χ3v) is 15.4. The maximum atomic E-state index is 15.1. The molecule has 2 aromatic carbocycles. The van der Waals surface area contributed by atoms with Gasteiger partial charge in [0.1, 0.15) is 5.75 Å². The zero-order valence-electron chi connectivity index (χ0n) is 29.4. The predicted molar refractivity (Wildman–Crippen MR) is 189 cm³/mol. The summed E-state index contributed by atoms with van der Waals surface area (Å²) in [5, 5.41) is 0.312. The van der Waals surface area contributed by atoms with E-state index in [1.165, 1.54) is 12.0 Å². The summed E-state index contributed by atoms with van der Waals surface area (Å²) in [6.07, 6.45) is 8.37. The number of hydrogen-bond acceptors (Lipinski definition) is 6. The molecule has 3 aliphatic heterocycles. The van der Waals surface area contributed by atoms with Gasteiger partial charge in [-0.25, -0.2) is 13.1 Å². The van der Waals surface area contributed by atoms with Gasteiger partial charge in [0.25, 0.3) is 5.91 Å². The summed E-state index contributed by atoms with van der Waals surface area (Å²) in [7, 11) is -2.15. The Kier molecular flexibility index (Phi) is 6.79. The number of nitrogens with zero attached hydrogens (tertiary/aromatic N) is 3. The van der Waals surface area contributed by atoms with Gasteiger partial charge in [0.05, 0.1) is 29.0 Å². The van der Waals surface area contributed by atoms with Gasteiger partial charge >= 0.3 is 0 Å². The van der Waals surface area contributed by atoms with Gasteiger partial charge in [-0.3, -0.25) is 14.4 Å². The summed E-state index contributed by atoms with van der Waals surface area (Å²) in [4.78, 5) is 45.2. The van der Waals surface area contributed by atoms with Crippen LogP contribution in [0, 0.1) is 10.8 Å². The Hall–Kier alpha value is -3.86. The van der Waals surface area contributed by atoms with Crippen LogP contribution in [0.5, 0.6) is 5.75 Å². The number of fused-ring (bicyclic) bond motifs is 7. The van der Waals surface area contributed by atoms with Gasteiger partial charge in [0.2, 0.25) is 21.8 Å². The molecule has 0 bridgehead atoms. The summed E-state index contributed by atoms with van der Waals surface area (Å²) < 4.78 is 35.7. The lowest BCUT2D eigenvalue weighted by Crippen LogP contribution is -2.80. The standard InChI is InChI=1S/C39H46N4O6S/c1-23(2)50(47,48)40-35(45)26-10-12-29-32(16-26)42-21-38(36(46)41-19-37-14-15-39(37,22-41)43(20-37)24(3)44)18-31(38)30-17-27(49-4)11-13-28(30)34(42)33(29)25-8-6-5-7-9-25/h10-13,16-17,23,25,31H,5-9,14-15,18-22H2,1-4H3,(H,40,45)/t31-,37?,38-,39?/m0/s1. The van der Waals surface area contributed by atoms with E-state index in [0.717, 1.165) is 78.5 Å². The summed E-state index contributed by atoms with van der Waals surface area (Å²) in [6.45, 7) is 7.21. The Bertz CT molecular complexity index is 2120. The number of nitrogens with one attached hydrogen (secondary N) is 1. The fourth-order valence-corrected chi connectivity index (χ4v) is 11.3. The van der Waals surface area contributed by atoms with Crippen LogP contribution in [0.2, 0.25) is 0 Å². The van der Waals surface area contributed by atoms with Crippen molar-refractivity contribution in [2.75, 3.05) is 26.7 Å². The number of likely N-dealkylation sites (tertiary alicyclic amines) is 2. The minimum absolute atomic E-state index is 0.00624. The van der Waals surface area contributed by atoms with E-state index in [4.69, 9.17) is 4.74 Å². The van der Waals surface area contributed by atoms with E-state index < -0.39 is 26.6 Å². The number of amides is 3. The minimum Gasteiger partial charge on any atom is -0.497 e. The molecule has 5 fully saturated rings. The second kappa shape index (κ2) is 10.6. The highest BCUT2D eigenvalue weighted by molar-refractivity contribution is 7.90. The number of aromatic nitrogens is 1. The molecule has 50 heavy (non-hydrogen) atoms. The smallest absolute Gasteiger partial charge is 0.264 e. The molecular formula is C39H46N4O6S. The molecule has 2 unspecified atom stereocenters. The number of carbonyl (C=O) groups excluding carboxylic acids is 3. The van der Waals surface area contributed by atoms with E-state index in [0.29, 0.717) is 32.0 Å². The normalized spacial score (nSPS) is 29.5. The van der Waals surface area contributed by atoms with Crippen LogP contribution >= 0.6 is 0 Å². The van der Waals surface area contributed by atoms with Crippen LogP contribution in [0.25, 0.3) is 22.2 Å². The molecule has 3 aromatic rings. The highest BCUT2D eigenvalue weighted by Gasteiger charge is 2.77. The molecule has 1 N–H and O–H groups in total. The Balaban J connectivity index is 1.20. The summed E-state index contributed by atoms with van der Waals surface area (Å²) in [5.41, 5.74) is 4.86. The molecule has 0 spiro atoms. The first-order valence-electron chi connectivity index (χ1n) is 18.3. The van der Waals surface area contributed by atoms with Crippen molar-refractivity contribution in [1.82, 2.24) is 19.1 Å². The number of piperidine rings is 1. The molecule has 1 aromatic heterocycles. The first kappa shape index (κ1) is 32.1. The first-order valence-corrected chi connectivity index (χ1v) is 19.9. The Morgan fingerprint density at radius 3 is 2.42 bits per heavy atom. The Labute approximate surface area is 293 Å². The summed E-state index contributed by atoms with van der Waals surface area (Å²) in [6, 6.07) is 11.8. The second-order valence-corrected chi connectivity index (χ2v) is 18.6. The maximum Gasteiger partial charge on any atom is 0.264 e. The number of rotatable bonds is 6. The molecule has 2 saturated heterocycles. The lowest BCUT2D eigenvalue weighted by molar-refractivity contribution is -0.204. The van der Waals surface area contributed by atoms with Crippen molar-refractivity contribution in [2.45, 2.75) is 101 Å². The molecular weight excluding hydrogens is 653 g/mol. The molecule has 6 aliphatic rings. The van der Waals surface area contributed by atoms with Crippen molar-refractivity contribution in [2.24, 2.45) is 10.8 Å². The van der Waals surface area contributed by atoms with Gasteiger partial charge in [-0.1, -0.05) is 25.3 Å². The average molecular weight is 699 g/mol. The highest BCUT2D eigenvalue weighted by Crippen LogP contribution is 2.70. The Morgan fingerprint density at radius 1 is 0.960 bits per heavy atom. The van der Waals surface area contributed by atoms with Crippen molar-refractivity contribution >= 4 is 38.6 Å². The van der Waals surface area contributed by atoms with E-state index >= 15 is 4.79 Å². The molecule has 4 atom stereocenters. The summed E-state index contributed by atoms with van der Waals surface area (Å²) >= 11 is 0. The third-order valence-electron chi connectivity index (χ3n) is 13.7. The highest BCUT2D eigenvalue weighted by atomic mass is 32.2. The van der Waals surface area contributed by atoms with Crippen LogP contribution in [0.1, 0.15) is 105 Å². The zero-order chi connectivity index (χ0) is 35.0. The van der Waals surface area contributed by atoms with Gasteiger partial charge in [0.15, 0.2) is 0 Å². The molecule has 3 saturated carbocycles. The fourth-order valence-electron chi connectivity index (χ4n) is 10.7. The quantitative estimate of drug-likeness (QED) is 0.361. The van der Waals surface area contributed by atoms with Gasteiger partial charge in [-0.05, 0) is 93.3 Å². The van der Waals surface area contributed by atoms with Crippen molar-refractivity contribution in [3.63, 3.8) is 0 Å². The van der Waals surface area contributed by atoms with Crippen LogP contribution in [0.15, 0.2) is 36.4 Å². The van der Waals surface area contributed by atoms with E-state index in [2.05, 4.69) is 26.3 Å². The lowest BCUT2D eigenvalue weighted by Gasteiger charge is -2.70. The predicted octanol–water partition coefficient (Wildman–Crippen LogP) is 5.54. The van der Waals surface area contributed by atoms with Gasteiger partial charge in [-0.15, -0.1) is 0 Å². The van der Waals surface area contributed by atoms with Crippen LogP contribution in [0.4, 0.5) is 0 Å². The van der Waals surface area contributed by atoms with Gasteiger partial charge < -0.3 is 19.1 Å². The van der Waals surface area contributed by atoms with Crippen molar-refractivity contribution < 1.29 is 27.5 Å². The largest absolute Gasteiger partial charge is 0.497 e. The summed E-state index contributed by atoms with van der Waals surface area (Å²) in [5.74, 6) is 0.693. The zero-order valence-corrected chi connectivity index (χ0v) is 30.2. The molecule has 4 heterocycles. The van der Waals surface area contributed by atoms with Gasteiger partial charge in [-0.2, -0.15) is 0 Å². The number of ether oxygens (including phenoxy) is 1. The molecule has 3 aliphatic carbocycles. The molecule has 9 rings (SSSR count). The topological polar surface area (TPSA) is 118 Å². The van der Waals surface area contributed by atoms with Crippen LogP contribution in [-0.2, 0) is 26.2 Å². The Morgan fingerprint density at radius 2 is 1.74 bits per heavy atom. The number of sulfonamides is 1. The molecule has 11 heteroatoms. The third kappa shape index (κ3) is 4.18. The lowest BCUT2D eigenvalue weighted by atomic mass is 9.49. The van der Waals surface area contributed by atoms with Crippen molar-refractivity contribution in [1.29, 1.82) is 0 Å². The van der Waals surface area contributed by atoms with Crippen molar-refractivity contribution in [3.8, 4) is 17.0 Å². The number of carbonyl (C=O) groups is 3. The molecule has 3 amide bonds. The second-order valence-electron chi connectivity index (χ2n) is 16.4. The average Bonchev–Trinajstić information content (AvgIpc) is 3.76. The number of methoxy groups -OCH3 is 1. The minimum atomic E-state index is -3.82. The SMILES string of the molecule is COc1ccc2c(c1)[C@@H]1C[C@]1(C(=O)N1CC34CCC3(C1)N(C(C)=O)C4)Cn1c-2c(C2CCCCC2)c2ccc(C(=O)NS(=O)(=O)C(C)C)cc21. The molecule has 264 valence electrons. The van der Waals surface area contributed by atoms with Crippen molar-refractivity contribution in [3.05, 3.63) is 53.1 Å². The molecule has 0 radical (unpaired) electrons. The van der Waals surface area contributed by atoms with Crippen LogP contribution < -0.4 is 9.46 Å². The number of hydrogen-bond donors (Lipinski definition) is 1. The van der Waals surface area contributed by atoms with E-state index in [9.17, 15) is 18.0 Å².